The normalized spacial score (nSPS) is 14.6. The number of ether oxygens (including phenoxy) is 2. The van der Waals surface area contributed by atoms with Crippen molar-refractivity contribution in [1.82, 2.24) is 10.3 Å². The van der Waals surface area contributed by atoms with Gasteiger partial charge in [0.2, 0.25) is 0 Å². The van der Waals surface area contributed by atoms with Crippen molar-refractivity contribution < 1.29 is 14.3 Å². The average molecular weight is 390 g/mol. The first kappa shape index (κ1) is 17.3. The largest absolute Gasteiger partial charge is 0.494 e. The SMILES string of the molecule is COc1ccc(N2CCOCC2)c2sc(C(=O)NCc3cccs3)nc12. The fourth-order valence-corrected chi connectivity index (χ4v) is 4.63. The van der Waals surface area contributed by atoms with Gasteiger partial charge in [-0.05, 0) is 23.6 Å². The molecule has 1 saturated heterocycles. The van der Waals surface area contributed by atoms with Crippen molar-refractivity contribution in [2.75, 3.05) is 38.3 Å². The van der Waals surface area contributed by atoms with Crippen molar-refractivity contribution in [2.45, 2.75) is 6.54 Å². The van der Waals surface area contributed by atoms with E-state index in [4.69, 9.17) is 9.47 Å². The lowest BCUT2D eigenvalue weighted by molar-refractivity contribution is 0.0951. The van der Waals surface area contributed by atoms with E-state index in [9.17, 15) is 4.79 Å². The number of anilines is 1. The molecule has 0 bridgehead atoms. The summed E-state index contributed by atoms with van der Waals surface area (Å²) in [5, 5.41) is 5.40. The molecule has 0 aliphatic carbocycles. The molecule has 1 N–H and O–H groups in total. The Morgan fingerprint density at radius 2 is 2.19 bits per heavy atom. The molecule has 2 aromatic heterocycles. The van der Waals surface area contributed by atoms with E-state index >= 15 is 0 Å². The molecule has 0 saturated carbocycles. The number of hydrogen-bond acceptors (Lipinski definition) is 7. The number of thiophene rings is 1. The number of carbonyl (C=O) groups excluding carboxylic acids is 1. The van der Waals surface area contributed by atoms with Crippen LogP contribution < -0.4 is 15.0 Å². The van der Waals surface area contributed by atoms with Gasteiger partial charge in [0.05, 0.1) is 37.3 Å². The molecule has 1 aromatic carbocycles. The van der Waals surface area contributed by atoms with Crippen molar-refractivity contribution in [3.63, 3.8) is 0 Å². The quantitative estimate of drug-likeness (QED) is 0.726. The van der Waals surface area contributed by atoms with Crippen molar-refractivity contribution in [3.05, 3.63) is 39.5 Å². The Morgan fingerprint density at radius 3 is 2.92 bits per heavy atom. The molecule has 8 heteroatoms. The molecule has 0 radical (unpaired) electrons. The second-order valence-corrected chi connectivity index (χ2v) is 7.88. The van der Waals surface area contributed by atoms with Gasteiger partial charge in [-0.2, -0.15) is 0 Å². The molecule has 1 amide bonds. The fraction of sp³-hybridized carbons (Fsp3) is 0.333. The molecule has 0 atom stereocenters. The first-order valence-electron chi connectivity index (χ1n) is 8.37. The van der Waals surface area contributed by atoms with E-state index < -0.39 is 0 Å². The second kappa shape index (κ2) is 7.61. The topological polar surface area (TPSA) is 63.7 Å². The van der Waals surface area contributed by atoms with Crippen molar-refractivity contribution in [3.8, 4) is 5.75 Å². The molecule has 1 aliphatic rings. The van der Waals surface area contributed by atoms with Crippen LogP contribution in [0.5, 0.6) is 5.75 Å². The fourth-order valence-electron chi connectivity index (χ4n) is 2.94. The van der Waals surface area contributed by atoms with Gasteiger partial charge in [-0.25, -0.2) is 4.98 Å². The van der Waals surface area contributed by atoms with Crippen LogP contribution in [0.3, 0.4) is 0 Å². The molecule has 0 spiro atoms. The number of hydrogen-bond donors (Lipinski definition) is 1. The minimum absolute atomic E-state index is 0.158. The zero-order valence-electron chi connectivity index (χ0n) is 14.4. The Hall–Kier alpha value is -2.16. The highest BCUT2D eigenvalue weighted by Crippen LogP contribution is 2.37. The summed E-state index contributed by atoms with van der Waals surface area (Å²) in [6.45, 7) is 3.60. The maximum absolute atomic E-state index is 12.6. The standard InChI is InChI=1S/C18H19N3O3S2/c1-23-14-5-4-13(21-6-8-24-9-7-21)16-15(14)20-18(26-16)17(22)19-11-12-3-2-10-25-12/h2-5,10H,6-9,11H2,1H3,(H,19,22). The van der Waals surface area contributed by atoms with E-state index in [1.807, 2.05) is 29.6 Å². The number of aromatic nitrogens is 1. The Morgan fingerprint density at radius 1 is 1.35 bits per heavy atom. The summed E-state index contributed by atoms with van der Waals surface area (Å²) in [6.07, 6.45) is 0. The lowest BCUT2D eigenvalue weighted by Gasteiger charge is -2.29. The summed E-state index contributed by atoms with van der Waals surface area (Å²) in [6, 6.07) is 7.93. The molecule has 0 unspecified atom stereocenters. The number of rotatable bonds is 5. The Bertz CT molecular complexity index is 902. The zero-order chi connectivity index (χ0) is 17.9. The summed E-state index contributed by atoms with van der Waals surface area (Å²) in [7, 11) is 1.62. The summed E-state index contributed by atoms with van der Waals surface area (Å²) in [5.41, 5.74) is 1.82. The molecular weight excluding hydrogens is 370 g/mol. The van der Waals surface area contributed by atoms with Crippen molar-refractivity contribution in [1.29, 1.82) is 0 Å². The van der Waals surface area contributed by atoms with Gasteiger partial charge in [-0.3, -0.25) is 4.79 Å². The number of nitrogens with zero attached hydrogens (tertiary/aromatic N) is 2. The molecule has 4 rings (SSSR count). The summed E-state index contributed by atoms with van der Waals surface area (Å²) in [5.74, 6) is 0.528. The van der Waals surface area contributed by atoms with E-state index in [1.165, 1.54) is 11.3 Å². The Kier molecular flexibility index (Phi) is 5.05. The van der Waals surface area contributed by atoms with Crippen molar-refractivity contribution >= 4 is 44.5 Å². The van der Waals surface area contributed by atoms with E-state index in [0.717, 1.165) is 33.9 Å². The lowest BCUT2D eigenvalue weighted by atomic mass is 10.2. The Labute approximate surface area is 159 Å². The number of carbonyl (C=O) groups is 1. The molecule has 3 aromatic rings. The molecule has 3 heterocycles. The van der Waals surface area contributed by atoms with Gasteiger partial charge in [0, 0.05) is 18.0 Å². The number of methoxy groups -OCH3 is 1. The summed E-state index contributed by atoms with van der Waals surface area (Å²) < 4.78 is 11.9. The van der Waals surface area contributed by atoms with Crippen LogP contribution in [0.2, 0.25) is 0 Å². The maximum Gasteiger partial charge on any atom is 0.280 e. The number of morpholine rings is 1. The van der Waals surface area contributed by atoms with E-state index in [2.05, 4.69) is 15.2 Å². The second-order valence-electron chi connectivity index (χ2n) is 5.85. The first-order chi connectivity index (χ1) is 12.8. The number of fused-ring (bicyclic) bond motifs is 1. The smallest absolute Gasteiger partial charge is 0.280 e. The average Bonchev–Trinajstić information content (AvgIpc) is 3.35. The highest BCUT2D eigenvalue weighted by molar-refractivity contribution is 7.21. The van der Waals surface area contributed by atoms with Gasteiger partial charge in [-0.15, -0.1) is 22.7 Å². The summed E-state index contributed by atoms with van der Waals surface area (Å²) in [4.78, 5) is 20.5. The monoisotopic (exact) mass is 389 g/mol. The maximum atomic E-state index is 12.6. The highest BCUT2D eigenvalue weighted by Gasteiger charge is 2.21. The van der Waals surface area contributed by atoms with Crippen LogP contribution in [-0.2, 0) is 11.3 Å². The zero-order valence-corrected chi connectivity index (χ0v) is 16.0. The van der Waals surface area contributed by atoms with Gasteiger partial charge in [0.15, 0.2) is 5.01 Å². The van der Waals surface area contributed by atoms with Gasteiger partial charge >= 0.3 is 0 Å². The van der Waals surface area contributed by atoms with Gasteiger partial charge in [0.25, 0.3) is 5.91 Å². The molecule has 26 heavy (non-hydrogen) atoms. The molecule has 136 valence electrons. The molecule has 1 aliphatic heterocycles. The Balaban J connectivity index is 1.64. The van der Waals surface area contributed by atoms with E-state index in [-0.39, 0.29) is 5.91 Å². The third-order valence-electron chi connectivity index (χ3n) is 4.25. The highest BCUT2D eigenvalue weighted by atomic mass is 32.1. The number of amides is 1. The van der Waals surface area contributed by atoms with Gasteiger partial charge < -0.3 is 19.7 Å². The summed E-state index contributed by atoms with van der Waals surface area (Å²) >= 11 is 3.03. The molecular formula is C18H19N3O3S2. The van der Waals surface area contributed by atoms with Crippen LogP contribution in [0, 0.1) is 0 Å². The third kappa shape index (κ3) is 3.40. The van der Waals surface area contributed by atoms with Crippen LogP contribution in [0.15, 0.2) is 29.6 Å². The minimum Gasteiger partial charge on any atom is -0.494 e. The van der Waals surface area contributed by atoms with Gasteiger partial charge in [0.1, 0.15) is 11.3 Å². The molecule has 1 fully saturated rings. The van der Waals surface area contributed by atoms with E-state index in [0.29, 0.717) is 30.5 Å². The number of nitrogens with one attached hydrogen (secondary N) is 1. The van der Waals surface area contributed by atoms with Crippen LogP contribution in [-0.4, -0.2) is 44.3 Å². The predicted molar refractivity (Wildman–Crippen MR) is 105 cm³/mol. The van der Waals surface area contributed by atoms with Crippen LogP contribution >= 0.6 is 22.7 Å². The lowest BCUT2D eigenvalue weighted by Crippen LogP contribution is -2.36. The predicted octanol–water partition coefficient (Wildman–Crippen LogP) is 3.13. The van der Waals surface area contributed by atoms with Crippen LogP contribution in [0.25, 0.3) is 10.2 Å². The van der Waals surface area contributed by atoms with E-state index in [1.54, 1.807) is 18.4 Å². The van der Waals surface area contributed by atoms with Crippen LogP contribution in [0.4, 0.5) is 5.69 Å². The minimum atomic E-state index is -0.158. The first-order valence-corrected chi connectivity index (χ1v) is 10.1. The van der Waals surface area contributed by atoms with Crippen molar-refractivity contribution in [2.24, 2.45) is 0 Å². The van der Waals surface area contributed by atoms with Gasteiger partial charge in [-0.1, -0.05) is 6.07 Å². The number of benzene rings is 1. The third-order valence-corrected chi connectivity index (χ3v) is 6.21. The molecule has 6 nitrogen and oxygen atoms in total. The number of thiazole rings is 1. The van der Waals surface area contributed by atoms with Crippen LogP contribution in [0.1, 0.15) is 14.7 Å².